The average Bonchev–Trinajstić information content (AvgIpc) is 2.29. The van der Waals surface area contributed by atoms with Gasteiger partial charge in [-0.1, -0.05) is 13.8 Å². The van der Waals surface area contributed by atoms with Crippen molar-refractivity contribution in [3.63, 3.8) is 0 Å². The van der Waals surface area contributed by atoms with Gasteiger partial charge in [0.1, 0.15) is 11.9 Å². The Morgan fingerprint density at radius 2 is 2.00 bits per heavy atom. The number of hydrogen-bond acceptors (Lipinski definition) is 4. The van der Waals surface area contributed by atoms with E-state index < -0.39 is 4.92 Å². The quantitative estimate of drug-likeness (QED) is 0.645. The van der Waals surface area contributed by atoms with Crippen molar-refractivity contribution in [3.8, 4) is 5.75 Å². The molecule has 1 saturated carbocycles. The second-order valence-electron chi connectivity index (χ2n) is 4.93. The zero-order chi connectivity index (χ0) is 12.6. The summed E-state index contributed by atoms with van der Waals surface area (Å²) in [5, 5.41) is 20.1. The van der Waals surface area contributed by atoms with Crippen LogP contribution in [0, 0.1) is 15.5 Å². The Bertz CT molecular complexity index is 427. The van der Waals surface area contributed by atoms with Crippen molar-refractivity contribution in [2.24, 2.45) is 5.41 Å². The van der Waals surface area contributed by atoms with Crippen molar-refractivity contribution in [1.82, 2.24) is 0 Å². The van der Waals surface area contributed by atoms with Crippen LogP contribution >= 0.6 is 0 Å². The summed E-state index contributed by atoms with van der Waals surface area (Å²) < 4.78 is 5.69. The van der Waals surface area contributed by atoms with Crippen molar-refractivity contribution < 1.29 is 14.8 Å². The van der Waals surface area contributed by atoms with Crippen LogP contribution in [-0.4, -0.2) is 22.2 Å². The second kappa shape index (κ2) is 4.00. The second-order valence-corrected chi connectivity index (χ2v) is 4.93. The SMILES string of the molecule is CC1(C)C(O)CC1Oc1ccc([N+](=O)[O-])cc1. The average molecular weight is 237 g/mol. The molecule has 92 valence electrons. The topological polar surface area (TPSA) is 72.6 Å². The molecule has 1 aliphatic rings. The molecule has 0 aliphatic heterocycles. The number of nitro groups is 1. The van der Waals surface area contributed by atoms with Gasteiger partial charge in [0.05, 0.1) is 11.0 Å². The number of nitro benzene ring substituents is 1. The van der Waals surface area contributed by atoms with Gasteiger partial charge in [-0.2, -0.15) is 0 Å². The number of benzene rings is 1. The predicted molar refractivity (Wildman–Crippen MR) is 61.9 cm³/mol. The van der Waals surface area contributed by atoms with Crippen LogP contribution in [-0.2, 0) is 0 Å². The third-order valence-corrected chi connectivity index (χ3v) is 3.45. The number of hydrogen-bond donors (Lipinski definition) is 1. The summed E-state index contributed by atoms with van der Waals surface area (Å²) in [5.41, 5.74) is -0.216. The van der Waals surface area contributed by atoms with Gasteiger partial charge < -0.3 is 9.84 Å². The summed E-state index contributed by atoms with van der Waals surface area (Å²) in [6.07, 6.45) is 0.216. The smallest absolute Gasteiger partial charge is 0.269 e. The lowest BCUT2D eigenvalue weighted by Gasteiger charge is -2.48. The van der Waals surface area contributed by atoms with Crippen LogP contribution < -0.4 is 4.74 Å². The molecule has 2 rings (SSSR count). The highest BCUT2D eigenvalue weighted by Gasteiger charge is 2.49. The number of non-ortho nitro benzene ring substituents is 1. The Hall–Kier alpha value is -1.62. The number of aliphatic hydroxyl groups is 1. The van der Waals surface area contributed by atoms with E-state index in [0.29, 0.717) is 12.2 Å². The molecule has 2 unspecified atom stereocenters. The van der Waals surface area contributed by atoms with Crippen molar-refractivity contribution in [2.75, 3.05) is 0 Å². The molecule has 17 heavy (non-hydrogen) atoms. The van der Waals surface area contributed by atoms with Gasteiger partial charge in [-0.25, -0.2) is 0 Å². The van der Waals surface area contributed by atoms with Gasteiger partial charge in [0.2, 0.25) is 0 Å². The Kier molecular flexibility index (Phi) is 2.79. The predicted octanol–water partition coefficient (Wildman–Crippen LogP) is 2.13. The molecule has 5 heteroatoms. The fourth-order valence-corrected chi connectivity index (χ4v) is 1.88. The largest absolute Gasteiger partial charge is 0.490 e. The zero-order valence-electron chi connectivity index (χ0n) is 9.79. The van der Waals surface area contributed by atoms with Crippen molar-refractivity contribution in [2.45, 2.75) is 32.5 Å². The van der Waals surface area contributed by atoms with Crippen LogP contribution in [0.15, 0.2) is 24.3 Å². The zero-order valence-corrected chi connectivity index (χ0v) is 9.79. The Morgan fingerprint density at radius 3 is 2.41 bits per heavy atom. The Morgan fingerprint density at radius 1 is 1.41 bits per heavy atom. The van der Waals surface area contributed by atoms with E-state index in [1.165, 1.54) is 12.1 Å². The molecule has 0 heterocycles. The summed E-state index contributed by atoms with van der Waals surface area (Å²) in [4.78, 5) is 10.0. The van der Waals surface area contributed by atoms with Gasteiger partial charge in [0.15, 0.2) is 0 Å². The lowest BCUT2D eigenvalue weighted by atomic mass is 9.66. The number of rotatable bonds is 3. The van der Waals surface area contributed by atoms with Crippen LogP contribution in [0.3, 0.4) is 0 Å². The van der Waals surface area contributed by atoms with E-state index in [2.05, 4.69) is 0 Å². The fourth-order valence-electron chi connectivity index (χ4n) is 1.88. The maximum absolute atomic E-state index is 10.5. The molecule has 1 fully saturated rings. The first kappa shape index (κ1) is 11.9. The summed E-state index contributed by atoms with van der Waals surface area (Å²) in [6.45, 7) is 3.88. The molecule has 0 aromatic heterocycles. The molecule has 5 nitrogen and oxygen atoms in total. The molecule has 0 radical (unpaired) electrons. The first-order valence-electron chi connectivity index (χ1n) is 5.50. The van der Waals surface area contributed by atoms with Crippen LogP contribution in [0.5, 0.6) is 5.75 Å². The van der Waals surface area contributed by atoms with E-state index in [1.807, 2.05) is 13.8 Å². The maximum atomic E-state index is 10.5. The van der Waals surface area contributed by atoms with E-state index in [9.17, 15) is 15.2 Å². The van der Waals surface area contributed by atoms with Gasteiger partial charge in [-0.15, -0.1) is 0 Å². The highest BCUT2D eigenvalue weighted by molar-refractivity contribution is 5.36. The van der Waals surface area contributed by atoms with E-state index in [-0.39, 0.29) is 23.3 Å². The maximum Gasteiger partial charge on any atom is 0.269 e. The van der Waals surface area contributed by atoms with E-state index in [4.69, 9.17) is 4.74 Å². The van der Waals surface area contributed by atoms with E-state index in [1.54, 1.807) is 12.1 Å². The molecule has 1 N–H and O–H groups in total. The summed E-state index contributed by atoms with van der Waals surface area (Å²) >= 11 is 0. The normalized spacial score (nSPS) is 26.1. The lowest BCUT2D eigenvalue weighted by Crippen LogP contribution is -2.56. The van der Waals surface area contributed by atoms with Crippen molar-refractivity contribution in [1.29, 1.82) is 0 Å². The minimum Gasteiger partial charge on any atom is -0.490 e. The molecule has 1 aliphatic carbocycles. The minimum absolute atomic E-state index is 0.0426. The van der Waals surface area contributed by atoms with E-state index in [0.717, 1.165) is 0 Å². The molecular formula is C12H15NO4. The Labute approximate surface area is 99.2 Å². The first-order valence-corrected chi connectivity index (χ1v) is 5.50. The van der Waals surface area contributed by atoms with Gasteiger partial charge in [0.25, 0.3) is 5.69 Å². The van der Waals surface area contributed by atoms with Crippen molar-refractivity contribution >= 4 is 5.69 Å². The summed E-state index contributed by atoms with van der Waals surface area (Å²) in [6, 6.07) is 5.99. The standard InChI is InChI=1S/C12H15NO4/c1-12(2)10(14)7-11(12)17-9-5-3-8(4-6-9)13(15)16/h3-6,10-11,14H,7H2,1-2H3. The minimum atomic E-state index is -0.444. The summed E-state index contributed by atoms with van der Waals surface area (Å²) in [7, 11) is 0. The summed E-state index contributed by atoms with van der Waals surface area (Å²) in [5.74, 6) is 0.598. The first-order chi connectivity index (χ1) is 7.91. The van der Waals surface area contributed by atoms with Crippen LogP contribution in [0.25, 0.3) is 0 Å². The molecule has 0 spiro atoms. The molecular weight excluding hydrogens is 222 g/mol. The molecule has 0 amide bonds. The van der Waals surface area contributed by atoms with Gasteiger partial charge >= 0.3 is 0 Å². The molecule has 1 aromatic carbocycles. The van der Waals surface area contributed by atoms with Gasteiger partial charge in [-0.05, 0) is 12.1 Å². The molecule has 2 atom stereocenters. The Balaban J connectivity index is 2.03. The van der Waals surface area contributed by atoms with E-state index >= 15 is 0 Å². The van der Waals surface area contributed by atoms with Crippen LogP contribution in [0.2, 0.25) is 0 Å². The molecule has 0 bridgehead atoms. The monoisotopic (exact) mass is 237 g/mol. The number of ether oxygens (including phenoxy) is 1. The third kappa shape index (κ3) is 2.10. The molecule has 0 saturated heterocycles. The lowest BCUT2D eigenvalue weighted by molar-refractivity contribution is -0.384. The van der Waals surface area contributed by atoms with Gasteiger partial charge in [0, 0.05) is 24.0 Å². The third-order valence-electron chi connectivity index (χ3n) is 3.45. The van der Waals surface area contributed by atoms with Crippen LogP contribution in [0.4, 0.5) is 5.69 Å². The highest BCUT2D eigenvalue weighted by Crippen LogP contribution is 2.42. The van der Waals surface area contributed by atoms with Crippen molar-refractivity contribution in [3.05, 3.63) is 34.4 Å². The number of aliphatic hydroxyl groups excluding tert-OH is 1. The number of nitrogens with zero attached hydrogens (tertiary/aromatic N) is 1. The van der Waals surface area contributed by atoms with Crippen LogP contribution in [0.1, 0.15) is 20.3 Å². The fraction of sp³-hybridized carbons (Fsp3) is 0.500. The molecule has 1 aromatic rings. The highest BCUT2D eigenvalue weighted by atomic mass is 16.6. The van der Waals surface area contributed by atoms with Gasteiger partial charge in [-0.3, -0.25) is 10.1 Å².